The van der Waals surface area contributed by atoms with Gasteiger partial charge in [0.15, 0.2) is 0 Å². The molecule has 5 aromatic carbocycles. The third-order valence-electron chi connectivity index (χ3n) is 6.40. The molecule has 0 N–H and O–H groups in total. The first-order valence-electron chi connectivity index (χ1n) is 10.8. The van der Waals surface area contributed by atoms with Crippen molar-refractivity contribution >= 4 is 0 Å². The molecular formula is C31H22. The highest BCUT2D eigenvalue weighted by Crippen LogP contribution is 2.59. The lowest BCUT2D eigenvalue weighted by molar-refractivity contribution is 1.40. The van der Waals surface area contributed by atoms with Crippen LogP contribution in [0.2, 0.25) is 0 Å². The van der Waals surface area contributed by atoms with Gasteiger partial charge >= 0.3 is 0 Å². The zero-order valence-electron chi connectivity index (χ0n) is 17.5. The minimum absolute atomic E-state index is 1.26. The first kappa shape index (κ1) is 17.9. The summed E-state index contributed by atoms with van der Waals surface area (Å²) in [5.41, 5.74) is 14.7. The van der Waals surface area contributed by atoms with Crippen molar-refractivity contribution in [3.8, 4) is 55.6 Å². The maximum atomic E-state index is 2.29. The molecule has 0 bridgehead atoms. The van der Waals surface area contributed by atoms with Crippen molar-refractivity contribution in [2.24, 2.45) is 0 Å². The number of benzene rings is 5. The predicted octanol–water partition coefficient (Wildman–Crippen LogP) is 8.64. The van der Waals surface area contributed by atoms with E-state index < -0.39 is 0 Å². The Labute approximate surface area is 183 Å². The molecule has 0 heterocycles. The summed E-state index contributed by atoms with van der Waals surface area (Å²) >= 11 is 0. The summed E-state index contributed by atoms with van der Waals surface area (Å²) in [6.07, 6.45) is 0. The van der Waals surface area contributed by atoms with Gasteiger partial charge in [0.2, 0.25) is 0 Å². The molecule has 0 saturated carbocycles. The summed E-state index contributed by atoms with van der Waals surface area (Å²) < 4.78 is 0. The smallest absolute Gasteiger partial charge is 0.00110 e. The van der Waals surface area contributed by atoms with E-state index in [9.17, 15) is 0 Å². The summed E-state index contributed by atoms with van der Waals surface area (Å²) in [6.45, 7) is 2.29. The van der Waals surface area contributed by atoms with Gasteiger partial charge in [-0.2, -0.15) is 0 Å². The van der Waals surface area contributed by atoms with Gasteiger partial charge in [0.25, 0.3) is 0 Å². The Hall–Kier alpha value is -3.90. The van der Waals surface area contributed by atoms with E-state index in [1.807, 2.05) is 0 Å². The highest BCUT2D eigenvalue weighted by Gasteiger charge is 2.32. The Morgan fingerprint density at radius 1 is 0.323 bits per heavy atom. The van der Waals surface area contributed by atoms with Gasteiger partial charge in [-0.1, -0.05) is 115 Å². The number of fused-ring (bicyclic) bond motifs is 4. The van der Waals surface area contributed by atoms with Crippen LogP contribution in [0, 0.1) is 6.92 Å². The van der Waals surface area contributed by atoms with Crippen LogP contribution in [-0.4, -0.2) is 0 Å². The van der Waals surface area contributed by atoms with E-state index in [-0.39, 0.29) is 0 Å². The Morgan fingerprint density at radius 2 is 0.677 bits per heavy atom. The van der Waals surface area contributed by atoms with E-state index >= 15 is 0 Å². The minimum atomic E-state index is 1.26. The van der Waals surface area contributed by atoms with Gasteiger partial charge in [-0.15, -0.1) is 0 Å². The van der Waals surface area contributed by atoms with Gasteiger partial charge in [0.05, 0.1) is 0 Å². The van der Waals surface area contributed by atoms with Crippen LogP contribution in [0.4, 0.5) is 0 Å². The van der Waals surface area contributed by atoms with E-state index in [2.05, 4.69) is 122 Å². The third-order valence-corrected chi connectivity index (χ3v) is 6.40. The number of hydrogen-bond donors (Lipinski definition) is 0. The molecule has 0 fully saturated rings. The van der Waals surface area contributed by atoms with Crippen LogP contribution < -0.4 is 0 Å². The maximum absolute atomic E-state index is 2.29. The van der Waals surface area contributed by atoms with Crippen LogP contribution in [0.5, 0.6) is 0 Å². The van der Waals surface area contributed by atoms with Gasteiger partial charge in [-0.25, -0.2) is 0 Å². The molecule has 5 aromatic rings. The fourth-order valence-electron chi connectivity index (χ4n) is 5.09. The van der Waals surface area contributed by atoms with Crippen molar-refractivity contribution in [3.63, 3.8) is 0 Å². The van der Waals surface area contributed by atoms with E-state index in [4.69, 9.17) is 0 Å². The van der Waals surface area contributed by atoms with Crippen LogP contribution in [0.25, 0.3) is 55.6 Å². The molecule has 0 saturated heterocycles. The monoisotopic (exact) mass is 394 g/mol. The SMILES string of the molecule is Cc1c(-c2ccccc2)c(-c2ccccc2)c(-c2ccccc2)c2c1-c1ccccc1-2. The molecule has 0 unspecified atom stereocenters. The molecule has 0 heteroatoms. The van der Waals surface area contributed by atoms with Gasteiger partial charge in [-0.05, 0) is 68.1 Å². The first-order valence-corrected chi connectivity index (χ1v) is 10.8. The minimum Gasteiger partial charge on any atom is -0.0622 e. The second-order valence-corrected chi connectivity index (χ2v) is 8.14. The predicted molar refractivity (Wildman–Crippen MR) is 132 cm³/mol. The topological polar surface area (TPSA) is 0 Å². The molecule has 146 valence electrons. The average Bonchev–Trinajstić information content (AvgIpc) is 2.83. The lowest BCUT2D eigenvalue weighted by Crippen LogP contribution is -2.07. The lowest BCUT2D eigenvalue weighted by Gasteiger charge is -2.33. The van der Waals surface area contributed by atoms with E-state index in [0.717, 1.165) is 0 Å². The van der Waals surface area contributed by atoms with Crippen LogP contribution in [0.3, 0.4) is 0 Å². The maximum Gasteiger partial charge on any atom is -0.00110 e. The van der Waals surface area contributed by atoms with Crippen LogP contribution in [0.1, 0.15) is 5.56 Å². The molecule has 0 amide bonds. The van der Waals surface area contributed by atoms with Crippen molar-refractivity contribution in [2.75, 3.05) is 0 Å². The molecule has 0 atom stereocenters. The van der Waals surface area contributed by atoms with Crippen molar-refractivity contribution in [1.82, 2.24) is 0 Å². The highest BCUT2D eigenvalue weighted by molar-refractivity contribution is 6.17. The van der Waals surface area contributed by atoms with Crippen molar-refractivity contribution in [3.05, 3.63) is 121 Å². The molecule has 1 aliphatic carbocycles. The molecule has 1 aliphatic rings. The molecule has 31 heavy (non-hydrogen) atoms. The lowest BCUT2D eigenvalue weighted by atomic mass is 9.69. The first-order chi connectivity index (χ1) is 15.3. The molecular weight excluding hydrogens is 372 g/mol. The summed E-state index contributed by atoms with van der Waals surface area (Å²) in [7, 11) is 0. The van der Waals surface area contributed by atoms with Gasteiger partial charge in [0, 0.05) is 0 Å². The molecule has 6 rings (SSSR count). The molecule has 0 spiro atoms. The second kappa shape index (κ2) is 7.11. The quantitative estimate of drug-likeness (QED) is 0.282. The molecule has 0 aromatic heterocycles. The summed E-state index contributed by atoms with van der Waals surface area (Å²) in [5, 5.41) is 0. The third kappa shape index (κ3) is 2.69. The summed E-state index contributed by atoms with van der Waals surface area (Å²) in [6, 6.07) is 41.4. The normalized spacial score (nSPS) is 11.4. The number of rotatable bonds is 3. The zero-order valence-corrected chi connectivity index (χ0v) is 17.5. The Kier molecular flexibility index (Phi) is 4.11. The van der Waals surface area contributed by atoms with Crippen LogP contribution in [0.15, 0.2) is 115 Å². The molecule has 0 radical (unpaired) electrons. The zero-order chi connectivity index (χ0) is 20.8. The Morgan fingerprint density at radius 3 is 1.16 bits per heavy atom. The van der Waals surface area contributed by atoms with Gasteiger partial charge in [-0.3, -0.25) is 0 Å². The van der Waals surface area contributed by atoms with Gasteiger partial charge < -0.3 is 0 Å². The summed E-state index contributed by atoms with van der Waals surface area (Å²) in [4.78, 5) is 0. The average molecular weight is 395 g/mol. The Bertz CT molecular complexity index is 1400. The van der Waals surface area contributed by atoms with Crippen LogP contribution in [-0.2, 0) is 0 Å². The fraction of sp³-hybridized carbons (Fsp3) is 0.0323. The van der Waals surface area contributed by atoms with Crippen LogP contribution >= 0.6 is 0 Å². The van der Waals surface area contributed by atoms with E-state index in [1.165, 1.54) is 61.2 Å². The summed E-state index contributed by atoms with van der Waals surface area (Å²) in [5.74, 6) is 0. The van der Waals surface area contributed by atoms with Crippen molar-refractivity contribution < 1.29 is 0 Å². The largest absolute Gasteiger partial charge is 0.0622 e. The van der Waals surface area contributed by atoms with E-state index in [1.54, 1.807) is 0 Å². The van der Waals surface area contributed by atoms with Crippen molar-refractivity contribution in [2.45, 2.75) is 6.92 Å². The molecule has 0 nitrogen and oxygen atoms in total. The second-order valence-electron chi connectivity index (χ2n) is 8.14. The number of hydrogen-bond acceptors (Lipinski definition) is 0. The molecule has 0 aliphatic heterocycles. The highest BCUT2D eigenvalue weighted by atomic mass is 14.3. The van der Waals surface area contributed by atoms with Crippen molar-refractivity contribution in [1.29, 1.82) is 0 Å². The van der Waals surface area contributed by atoms with Gasteiger partial charge in [0.1, 0.15) is 0 Å². The fourth-order valence-corrected chi connectivity index (χ4v) is 5.09. The Balaban J connectivity index is 1.82. The van der Waals surface area contributed by atoms with E-state index in [0.29, 0.717) is 0 Å². The standard InChI is InChI=1S/C31H22/c1-21-27(22-13-5-2-6-14-22)29(23-15-7-3-8-16-23)30(24-17-9-4-10-18-24)31-26-20-12-11-19-25(26)28(21)31/h2-20H,1H3.